The normalized spacial score (nSPS) is 14.5. The second-order valence-corrected chi connectivity index (χ2v) is 10.3. The quantitative estimate of drug-likeness (QED) is 0.292. The lowest BCUT2D eigenvalue weighted by molar-refractivity contribution is -0.387. The smallest absolute Gasteiger partial charge is 0.289 e. The average molecular weight is 520 g/mol. The van der Waals surface area contributed by atoms with Crippen LogP contribution in [0, 0.1) is 10.1 Å². The van der Waals surface area contributed by atoms with E-state index < -0.39 is 20.6 Å². The Bertz CT molecular complexity index is 1680. The fraction of sp³-hybridized carbons (Fsp3) is 0.160. The van der Waals surface area contributed by atoms with Crippen molar-refractivity contribution in [3.63, 3.8) is 0 Å². The molecule has 11 nitrogen and oxygen atoms in total. The van der Waals surface area contributed by atoms with Gasteiger partial charge in [0.2, 0.25) is 10.0 Å². The standard InChI is InChI=1S/C25H21N5O6S/c31-24(18-9-11-19(12-10-18)29-17-26-21-6-2-1-5-20(21)25(29)32)27-13-15-28(16-14-27)37(35,36)23-8-4-3-7-22(23)30(33)34/h1-12,17H,13-16H2. The van der Waals surface area contributed by atoms with Crippen molar-refractivity contribution in [1.29, 1.82) is 0 Å². The van der Waals surface area contributed by atoms with E-state index in [4.69, 9.17) is 0 Å². The predicted molar refractivity (Wildman–Crippen MR) is 135 cm³/mol. The van der Waals surface area contributed by atoms with Crippen LogP contribution in [-0.4, -0.2) is 64.2 Å². The van der Waals surface area contributed by atoms with Crippen molar-refractivity contribution >= 4 is 32.5 Å². The number of carbonyl (C=O) groups excluding carboxylic acids is 1. The molecular weight excluding hydrogens is 498 g/mol. The molecule has 1 aliphatic rings. The molecule has 1 aliphatic heterocycles. The van der Waals surface area contributed by atoms with E-state index in [0.29, 0.717) is 22.2 Å². The zero-order valence-corrected chi connectivity index (χ0v) is 20.2. The third-order valence-electron chi connectivity index (χ3n) is 6.26. The minimum absolute atomic E-state index is 0.0103. The summed E-state index contributed by atoms with van der Waals surface area (Å²) in [6, 6.07) is 18.8. The maximum Gasteiger partial charge on any atom is 0.289 e. The van der Waals surface area contributed by atoms with Crippen LogP contribution in [0.15, 0.2) is 88.8 Å². The van der Waals surface area contributed by atoms with Crippen LogP contribution in [0.4, 0.5) is 5.69 Å². The number of aromatic nitrogens is 2. The molecule has 1 saturated heterocycles. The molecule has 0 bridgehead atoms. The van der Waals surface area contributed by atoms with Crippen LogP contribution in [0.5, 0.6) is 0 Å². The molecule has 12 heteroatoms. The molecule has 0 aliphatic carbocycles. The number of sulfonamides is 1. The summed E-state index contributed by atoms with van der Waals surface area (Å²) in [5.41, 5.74) is 0.835. The first kappa shape index (κ1) is 24.3. The van der Waals surface area contributed by atoms with Crippen LogP contribution >= 0.6 is 0 Å². The summed E-state index contributed by atoms with van der Waals surface area (Å²) in [6.07, 6.45) is 1.44. The topological polar surface area (TPSA) is 136 Å². The van der Waals surface area contributed by atoms with Crippen LogP contribution in [-0.2, 0) is 10.0 Å². The highest BCUT2D eigenvalue weighted by molar-refractivity contribution is 7.89. The van der Waals surface area contributed by atoms with Gasteiger partial charge in [-0.3, -0.25) is 24.3 Å². The highest BCUT2D eigenvalue weighted by atomic mass is 32.2. The van der Waals surface area contributed by atoms with Crippen LogP contribution in [0.25, 0.3) is 16.6 Å². The van der Waals surface area contributed by atoms with Gasteiger partial charge in [-0.1, -0.05) is 24.3 Å². The molecule has 3 aromatic carbocycles. The Balaban J connectivity index is 1.30. The molecule has 1 fully saturated rings. The summed E-state index contributed by atoms with van der Waals surface area (Å²) >= 11 is 0. The van der Waals surface area contributed by atoms with Gasteiger partial charge < -0.3 is 4.90 Å². The Morgan fingerprint density at radius 2 is 1.54 bits per heavy atom. The van der Waals surface area contributed by atoms with E-state index in [9.17, 15) is 28.1 Å². The first-order valence-electron chi connectivity index (χ1n) is 11.4. The zero-order valence-electron chi connectivity index (χ0n) is 19.4. The van der Waals surface area contributed by atoms with Crippen molar-refractivity contribution in [1.82, 2.24) is 18.8 Å². The molecule has 1 aromatic heterocycles. The maximum absolute atomic E-state index is 13.0. The van der Waals surface area contributed by atoms with Crippen LogP contribution in [0.1, 0.15) is 10.4 Å². The molecule has 188 valence electrons. The molecule has 5 rings (SSSR count). The van der Waals surface area contributed by atoms with Crippen molar-refractivity contribution in [2.75, 3.05) is 26.2 Å². The highest BCUT2D eigenvalue weighted by Crippen LogP contribution is 2.27. The van der Waals surface area contributed by atoms with E-state index in [0.717, 1.165) is 10.4 Å². The Morgan fingerprint density at radius 3 is 2.24 bits per heavy atom. The number of hydrogen-bond acceptors (Lipinski definition) is 7. The summed E-state index contributed by atoms with van der Waals surface area (Å²) in [7, 11) is -4.09. The molecule has 0 saturated carbocycles. The monoisotopic (exact) mass is 519 g/mol. The fourth-order valence-electron chi connectivity index (χ4n) is 4.30. The Hall–Kier alpha value is -4.42. The van der Waals surface area contributed by atoms with Crippen molar-refractivity contribution in [2.24, 2.45) is 0 Å². The number of fused-ring (bicyclic) bond motifs is 1. The predicted octanol–water partition coefficient (Wildman–Crippen LogP) is 2.44. The molecule has 37 heavy (non-hydrogen) atoms. The summed E-state index contributed by atoms with van der Waals surface area (Å²) in [4.78, 5) is 41.9. The van der Waals surface area contributed by atoms with Gasteiger partial charge in [-0.15, -0.1) is 0 Å². The van der Waals surface area contributed by atoms with Crippen LogP contribution in [0.2, 0.25) is 0 Å². The van der Waals surface area contributed by atoms with Gasteiger partial charge in [0, 0.05) is 37.8 Å². The molecule has 1 amide bonds. The molecule has 2 heterocycles. The third kappa shape index (κ3) is 4.47. The molecule has 0 spiro atoms. The summed E-state index contributed by atoms with van der Waals surface area (Å²) in [5.74, 6) is -0.279. The zero-order chi connectivity index (χ0) is 26.2. The lowest BCUT2D eigenvalue weighted by Crippen LogP contribution is -2.50. The number of para-hydroxylation sites is 2. The van der Waals surface area contributed by atoms with Crippen LogP contribution < -0.4 is 5.56 Å². The largest absolute Gasteiger partial charge is 0.336 e. The number of nitrogens with zero attached hydrogens (tertiary/aromatic N) is 5. The Morgan fingerprint density at radius 1 is 0.892 bits per heavy atom. The van der Waals surface area contributed by atoms with Gasteiger partial charge in [-0.25, -0.2) is 13.4 Å². The van der Waals surface area contributed by atoms with E-state index in [2.05, 4.69) is 4.98 Å². The number of rotatable bonds is 5. The van der Waals surface area contributed by atoms with Gasteiger partial charge in [0.15, 0.2) is 4.90 Å². The minimum Gasteiger partial charge on any atom is -0.336 e. The molecule has 0 N–H and O–H groups in total. The SMILES string of the molecule is O=C(c1ccc(-n2cnc3ccccc3c2=O)cc1)N1CCN(S(=O)(=O)c2ccccc2[N+](=O)[O-])CC1. The maximum atomic E-state index is 13.0. The van der Waals surface area contributed by atoms with Crippen LogP contribution in [0.3, 0.4) is 0 Å². The van der Waals surface area contributed by atoms with Crippen molar-refractivity contribution in [3.05, 3.63) is 105 Å². The second-order valence-electron chi connectivity index (χ2n) is 8.40. The van der Waals surface area contributed by atoms with Gasteiger partial charge in [-0.05, 0) is 42.5 Å². The summed E-state index contributed by atoms with van der Waals surface area (Å²) < 4.78 is 28.6. The van der Waals surface area contributed by atoms with E-state index >= 15 is 0 Å². The number of amides is 1. The van der Waals surface area contributed by atoms with Gasteiger partial charge >= 0.3 is 0 Å². The lowest BCUT2D eigenvalue weighted by atomic mass is 10.1. The number of hydrogen-bond donors (Lipinski definition) is 0. The first-order valence-corrected chi connectivity index (χ1v) is 12.8. The minimum atomic E-state index is -4.09. The number of carbonyl (C=O) groups is 1. The second kappa shape index (κ2) is 9.56. The number of piperazine rings is 1. The van der Waals surface area contributed by atoms with Crippen molar-refractivity contribution in [2.45, 2.75) is 4.90 Å². The molecule has 0 atom stereocenters. The fourth-order valence-corrected chi connectivity index (χ4v) is 5.88. The van der Waals surface area contributed by atoms with Gasteiger partial charge in [0.1, 0.15) is 6.33 Å². The molecular formula is C25H21N5O6S. The first-order chi connectivity index (χ1) is 17.8. The number of nitro benzene ring substituents is 1. The van der Waals surface area contributed by atoms with E-state index in [-0.39, 0.29) is 42.5 Å². The van der Waals surface area contributed by atoms with E-state index in [1.165, 1.54) is 34.0 Å². The van der Waals surface area contributed by atoms with Crippen molar-refractivity contribution in [3.8, 4) is 5.69 Å². The van der Waals surface area contributed by atoms with Gasteiger partial charge in [-0.2, -0.15) is 4.31 Å². The van der Waals surface area contributed by atoms with Gasteiger partial charge in [0.05, 0.1) is 21.5 Å². The van der Waals surface area contributed by atoms with E-state index in [1.807, 2.05) is 0 Å². The molecule has 4 aromatic rings. The Labute approximate surface area is 211 Å². The molecule has 0 radical (unpaired) electrons. The van der Waals surface area contributed by atoms with Gasteiger partial charge in [0.25, 0.3) is 17.2 Å². The van der Waals surface area contributed by atoms with Crippen molar-refractivity contribution < 1.29 is 18.1 Å². The number of benzene rings is 3. The summed E-state index contributed by atoms with van der Waals surface area (Å²) in [5, 5.41) is 11.8. The molecule has 0 unspecified atom stereocenters. The van der Waals surface area contributed by atoms with E-state index in [1.54, 1.807) is 48.5 Å². The number of nitro groups is 1. The lowest BCUT2D eigenvalue weighted by Gasteiger charge is -2.34. The average Bonchev–Trinajstić information content (AvgIpc) is 2.93. The highest BCUT2D eigenvalue weighted by Gasteiger charge is 2.34. The summed E-state index contributed by atoms with van der Waals surface area (Å²) in [6.45, 7) is 0.287. The Kier molecular flexibility index (Phi) is 6.27. The third-order valence-corrected chi connectivity index (χ3v) is 8.21.